The summed E-state index contributed by atoms with van der Waals surface area (Å²) in [7, 11) is -3.74. The zero-order valence-corrected chi connectivity index (χ0v) is 23.4. The van der Waals surface area contributed by atoms with Crippen LogP contribution >= 0.6 is 22.9 Å². The van der Waals surface area contributed by atoms with Gasteiger partial charge in [0, 0.05) is 31.1 Å². The number of carbonyl (C=O) groups excluding carboxylic acids is 1. The van der Waals surface area contributed by atoms with Crippen molar-refractivity contribution >= 4 is 49.9 Å². The average molecular weight is 585 g/mol. The van der Waals surface area contributed by atoms with Gasteiger partial charge in [-0.3, -0.25) is 9.52 Å². The average Bonchev–Trinajstić information content (AvgIpc) is 3.50. The molecule has 1 aliphatic heterocycles. The normalized spacial score (nSPS) is 15.4. The van der Waals surface area contributed by atoms with E-state index in [9.17, 15) is 13.2 Å². The van der Waals surface area contributed by atoms with Crippen LogP contribution in [0.15, 0.2) is 48.5 Å². The molecule has 0 bridgehead atoms. The fourth-order valence-corrected chi connectivity index (χ4v) is 7.38. The number of hydrogen-bond acceptors (Lipinski definition) is 7. The van der Waals surface area contributed by atoms with Crippen molar-refractivity contribution in [1.29, 1.82) is 0 Å². The molecule has 0 radical (unpaired) electrons. The number of thiazole rings is 1. The van der Waals surface area contributed by atoms with Gasteiger partial charge < -0.3 is 10.1 Å². The van der Waals surface area contributed by atoms with Gasteiger partial charge in [0.15, 0.2) is 5.13 Å². The Hall–Kier alpha value is -3.29. The molecule has 3 heterocycles. The molecule has 2 N–H and O–H groups in total. The van der Waals surface area contributed by atoms with Crippen molar-refractivity contribution < 1.29 is 17.9 Å². The second-order valence-electron chi connectivity index (χ2n) is 9.21. The van der Waals surface area contributed by atoms with Crippen molar-refractivity contribution in [3.05, 3.63) is 64.8 Å². The van der Waals surface area contributed by atoms with Crippen LogP contribution in [0.5, 0.6) is 0 Å². The number of fused-ring (bicyclic) bond motifs is 3. The van der Waals surface area contributed by atoms with Crippen molar-refractivity contribution in [3.8, 4) is 27.5 Å². The molecule has 10 nitrogen and oxygen atoms in total. The number of ether oxygens (including phenoxy) is 1. The number of nitrogens with one attached hydrogen (secondary N) is 2. The minimum Gasteiger partial charge on any atom is -0.379 e. The van der Waals surface area contributed by atoms with E-state index in [0.717, 1.165) is 45.9 Å². The number of benzene rings is 2. The van der Waals surface area contributed by atoms with Crippen LogP contribution in [0.2, 0.25) is 5.02 Å². The van der Waals surface area contributed by atoms with Gasteiger partial charge >= 0.3 is 10.2 Å². The van der Waals surface area contributed by atoms with Crippen molar-refractivity contribution in [2.75, 3.05) is 36.3 Å². The van der Waals surface area contributed by atoms with Crippen molar-refractivity contribution in [3.63, 3.8) is 0 Å². The summed E-state index contributed by atoms with van der Waals surface area (Å²) in [5, 5.41) is 8.67. The van der Waals surface area contributed by atoms with Crippen LogP contribution in [0.25, 0.3) is 27.5 Å². The van der Waals surface area contributed by atoms with Gasteiger partial charge in [0.25, 0.3) is 0 Å². The molecule has 202 valence electrons. The number of amides is 1. The quantitative estimate of drug-likeness (QED) is 0.348. The third-order valence-electron chi connectivity index (χ3n) is 6.57. The molecule has 0 unspecified atom stereocenters. The predicted molar refractivity (Wildman–Crippen MR) is 152 cm³/mol. The molecule has 2 aliphatic rings. The third-order valence-corrected chi connectivity index (χ3v) is 9.43. The summed E-state index contributed by atoms with van der Waals surface area (Å²) in [5.41, 5.74) is 5.61. The van der Waals surface area contributed by atoms with Gasteiger partial charge in [0.2, 0.25) is 5.91 Å². The standard InChI is InChI=1S/C26H25ClN6O4S2/c1-16(34)28-26-29-21-9-8-19-23(17-5-3-2-4-6-17)30-33(24(19)25(21)38-26)22-10-7-18(15-20(22)27)31-39(35,36)32-11-13-37-14-12-32/h2-7,10,15,31H,8-9,11-14H2,1H3,(H,28,29,34). The van der Waals surface area contributed by atoms with Crippen LogP contribution in [-0.2, 0) is 32.6 Å². The number of anilines is 2. The molecular weight excluding hydrogens is 560 g/mol. The van der Waals surface area contributed by atoms with Gasteiger partial charge in [-0.15, -0.1) is 0 Å². The highest BCUT2D eigenvalue weighted by Crippen LogP contribution is 2.45. The molecule has 4 aromatic rings. The molecule has 2 aromatic heterocycles. The molecule has 0 spiro atoms. The first-order valence-electron chi connectivity index (χ1n) is 12.4. The minimum absolute atomic E-state index is 0.182. The maximum Gasteiger partial charge on any atom is 0.301 e. The van der Waals surface area contributed by atoms with E-state index in [2.05, 4.69) is 15.0 Å². The molecule has 1 amide bonds. The van der Waals surface area contributed by atoms with E-state index < -0.39 is 10.2 Å². The number of halogens is 1. The Morgan fingerprint density at radius 1 is 1.10 bits per heavy atom. The summed E-state index contributed by atoms with van der Waals surface area (Å²) < 4.78 is 36.7. The lowest BCUT2D eigenvalue weighted by atomic mass is 9.95. The number of aromatic nitrogens is 3. The second-order valence-corrected chi connectivity index (χ2v) is 12.3. The van der Waals surface area contributed by atoms with Gasteiger partial charge in [-0.1, -0.05) is 53.3 Å². The fraction of sp³-hybridized carbons (Fsp3) is 0.269. The maximum absolute atomic E-state index is 12.9. The molecule has 0 saturated carbocycles. The minimum atomic E-state index is -3.74. The Balaban J connectivity index is 1.43. The molecule has 1 aliphatic carbocycles. The Morgan fingerprint density at radius 3 is 2.59 bits per heavy atom. The summed E-state index contributed by atoms with van der Waals surface area (Å²) in [5.74, 6) is -0.182. The van der Waals surface area contributed by atoms with Crippen LogP contribution in [0.4, 0.5) is 10.8 Å². The highest BCUT2D eigenvalue weighted by molar-refractivity contribution is 7.90. The molecule has 0 atom stereocenters. The number of morpholine rings is 1. The maximum atomic E-state index is 12.9. The van der Waals surface area contributed by atoms with Crippen LogP contribution in [0.1, 0.15) is 18.2 Å². The molecule has 6 rings (SSSR count). The molecule has 13 heteroatoms. The Labute approximate surface area is 234 Å². The Morgan fingerprint density at radius 2 is 1.87 bits per heavy atom. The van der Waals surface area contributed by atoms with E-state index in [0.29, 0.717) is 47.8 Å². The zero-order chi connectivity index (χ0) is 27.1. The lowest BCUT2D eigenvalue weighted by molar-refractivity contribution is -0.114. The highest BCUT2D eigenvalue weighted by Gasteiger charge is 2.31. The van der Waals surface area contributed by atoms with Crippen LogP contribution < -0.4 is 10.0 Å². The molecule has 39 heavy (non-hydrogen) atoms. The fourth-order valence-electron chi connectivity index (χ4n) is 4.82. The number of aryl methyl sites for hydroxylation is 1. The largest absolute Gasteiger partial charge is 0.379 e. The van der Waals surface area contributed by atoms with E-state index in [1.165, 1.54) is 22.6 Å². The van der Waals surface area contributed by atoms with Crippen LogP contribution in [0.3, 0.4) is 0 Å². The lowest BCUT2D eigenvalue weighted by Crippen LogP contribution is -2.43. The smallest absolute Gasteiger partial charge is 0.301 e. The molecule has 1 fully saturated rings. The molecular formula is C26H25ClN6O4S2. The van der Waals surface area contributed by atoms with Crippen LogP contribution in [0, 0.1) is 0 Å². The monoisotopic (exact) mass is 584 g/mol. The zero-order valence-electron chi connectivity index (χ0n) is 21.0. The van der Waals surface area contributed by atoms with E-state index in [1.54, 1.807) is 22.9 Å². The van der Waals surface area contributed by atoms with E-state index >= 15 is 0 Å². The van der Waals surface area contributed by atoms with Crippen molar-refractivity contribution in [1.82, 2.24) is 19.1 Å². The lowest BCUT2D eigenvalue weighted by Gasteiger charge is -2.26. The van der Waals surface area contributed by atoms with Crippen LogP contribution in [-0.4, -0.2) is 59.7 Å². The second kappa shape index (κ2) is 10.4. The molecule has 2 aromatic carbocycles. The van der Waals surface area contributed by atoms with E-state index in [1.807, 2.05) is 30.3 Å². The first kappa shape index (κ1) is 26.0. The van der Waals surface area contributed by atoms with E-state index in [4.69, 9.17) is 21.4 Å². The summed E-state index contributed by atoms with van der Waals surface area (Å²) in [6, 6.07) is 15.0. The van der Waals surface area contributed by atoms with Gasteiger partial charge in [0.05, 0.1) is 51.6 Å². The van der Waals surface area contributed by atoms with E-state index in [-0.39, 0.29) is 5.91 Å². The topological polar surface area (TPSA) is 118 Å². The summed E-state index contributed by atoms with van der Waals surface area (Å²) in [4.78, 5) is 17.3. The number of rotatable bonds is 6. The number of carbonyl (C=O) groups is 1. The summed E-state index contributed by atoms with van der Waals surface area (Å²) >= 11 is 8.18. The van der Waals surface area contributed by atoms with Gasteiger partial charge in [-0.2, -0.15) is 17.8 Å². The summed E-state index contributed by atoms with van der Waals surface area (Å²) in [6.07, 6.45) is 1.45. The Kier molecular flexibility index (Phi) is 6.89. The van der Waals surface area contributed by atoms with Gasteiger partial charge in [-0.05, 0) is 31.0 Å². The Bertz CT molecular complexity index is 1660. The number of nitrogens with zero attached hydrogens (tertiary/aromatic N) is 4. The first-order valence-corrected chi connectivity index (χ1v) is 15.0. The van der Waals surface area contributed by atoms with Crippen molar-refractivity contribution in [2.24, 2.45) is 0 Å². The van der Waals surface area contributed by atoms with Crippen molar-refractivity contribution in [2.45, 2.75) is 19.8 Å². The first-order chi connectivity index (χ1) is 18.8. The number of hydrogen-bond donors (Lipinski definition) is 2. The summed E-state index contributed by atoms with van der Waals surface area (Å²) in [6.45, 7) is 2.76. The highest BCUT2D eigenvalue weighted by atomic mass is 35.5. The van der Waals surface area contributed by atoms with Gasteiger partial charge in [0.1, 0.15) is 0 Å². The molecule has 1 saturated heterocycles. The predicted octanol–water partition coefficient (Wildman–Crippen LogP) is 4.36. The third kappa shape index (κ3) is 5.06. The SMILES string of the molecule is CC(=O)Nc1nc2c(s1)-c1c(c(-c3ccccc3)nn1-c1ccc(NS(=O)(=O)N3CCOCC3)cc1Cl)CC2. The van der Waals surface area contributed by atoms with Gasteiger partial charge in [-0.25, -0.2) is 9.67 Å².